The van der Waals surface area contributed by atoms with Crippen LogP contribution in [0.4, 0.5) is 0 Å². The van der Waals surface area contributed by atoms with Crippen molar-refractivity contribution >= 4 is 5.78 Å². The molecule has 10 heavy (non-hydrogen) atoms. The first kappa shape index (κ1) is 6.35. The second-order valence-electron chi connectivity index (χ2n) is 3.56. The summed E-state index contributed by atoms with van der Waals surface area (Å²) < 4.78 is 0. The zero-order chi connectivity index (χ0) is 7.14. The Kier molecular flexibility index (Phi) is 1.31. The summed E-state index contributed by atoms with van der Waals surface area (Å²) in [7, 11) is 0. The van der Waals surface area contributed by atoms with Gasteiger partial charge < -0.3 is 5.32 Å². The molecule has 2 nitrogen and oxygen atoms in total. The van der Waals surface area contributed by atoms with E-state index in [1.54, 1.807) is 6.92 Å². The normalized spacial score (nSPS) is 44.3. The lowest BCUT2D eigenvalue weighted by atomic mass is 10.0. The first-order chi connectivity index (χ1) is 4.77. The zero-order valence-electron chi connectivity index (χ0n) is 6.26. The second-order valence-corrected chi connectivity index (χ2v) is 3.56. The van der Waals surface area contributed by atoms with Crippen LogP contribution in [-0.2, 0) is 4.79 Å². The second kappa shape index (κ2) is 2.06. The quantitative estimate of drug-likeness (QED) is 0.575. The molecule has 2 rings (SSSR count). The number of fused-ring (bicyclic) bond motifs is 1. The number of Topliss-reactive ketones (excluding diaryl/α,β-unsaturated/α-hetero) is 1. The third kappa shape index (κ3) is 0.966. The van der Waals surface area contributed by atoms with E-state index in [9.17, 15) is 4.79 Å². The number of rotatable bonds is 1. The highest BCUT2D eigenvalue weighted by atomic mass is 16.1. The van der Waals surface area contributed by atoms with Crippen molar-refractivity contribution in [3.63, 3.8) is 0 Å². The molecule has 3 atom stereocenters. The van der Waals surface area contributed by atoms with E-state index in [2.05, 4.69) is 5.32 Å². The molecule has 1 aliphatic carbocycles. The number of ketones is 1. The Bertz CT molecular complexity index is 167. The average molecular weight is 139 g/mol. The highest BCUT2D eigenvalue weighted by Gasteiger charge is 2.42. The van der Waals surface area contributed by atoms with E-state index in [-0.39, 0.29) is 6.04 Å². The topological polar surface area (TPSA) is 29.1 Å². The lowest BCUT2D eigenvalue weighted by Crippen LogP contribution is -2.40. The molecule has 0 amide bonds. The van der Waals surface area contributed by atoms with Crippen molar-refractivity contribution in [2.24, 2.45) is 11.8 Å². The molecule has 1 aliphatic heterocycles. The summed E-state index contributed by atoms with van der Waals surface area (Å²) in [6.07, 6.45) is 2.46. The zero-order valence-corrected chi connectivity index (χ0v) is 6.26. The summed E-state index contributed by atoms with van der Waals surface area (Å²) in [6, 6.07) is 0.184. The molecule has 0 aromatic carbocycles. The van der Waals surface area contributed by atoms with Gasteiger partial charge in [-0.1, -0.05) is 0 Å². The van der Waals surface area contributed by atoms with Crippen LogP contribution in [0.2, 0.25) is 0 Å². The van der Waals surface area contributed by atoms with Gasteiger partial charge in [0, 0.05) is 0 Å². The molecule has 2 heteroatoms. The molecule has 0 radical (unpaired) electrons. The molecule has 1 saturated heterocycles. The maximum atomic E-state index is 10.9. The maximum Gasteiger partial charge on any atom is 0.146 e. The van der Waals surface area contributed by atoms with Gasteiger partial charge in [-0.15, -0.1) is 0 Å². The number of nitrogens with one attached hydrogen (secondary N) is 1. The standard InChI is InChI=1S/C8H13NO/c1-5(10)8-3-6-2-7(6)4-9-8/h6-9H,2-4H2,1H3/t6?,7-,8-/m0/s1. The van der Waals surface area contributed by atoms with Gasteiger partial charge in [-0.05, 0) is 38.1 Å². The lowest BCUT2D eigenvalue weighted by Gasteiger charge is -2.19. The number of piperidine rings is 1. The first-order valence-corrected chi connectivity index (χ1v) is 4.01. The van der Waals surface area contributed by atoms with Crippen molar-refractivity contribution in [3.05, 3.63) is 0 Å². The Morgan fingerprint density at radius 1 is 1.40 bits per heavy atom. The van der Waals surface area contributed by atoms with Crippen LogP contribution in [0.25, 0.3) is 0 Å². The van der Waals surface area contributed by atoms with Crippen LogP contribution in [0.5, 0.6) is 0 Å². The molecule has 1 saturated carbocycles. The summed E-state index contributed by atoms with van der Waals surface area (Å²) in [6.45, 7) is 2.76. The van der Waals surface area contributed by atoms with Gasteiger partial charge in [-0.2, -0.15) is 0 Å². The third-order valence-corrected chi connectivity index (χ3v) is 2.72. The van der Waals surface area contributed by atoms with Crippen LogP contribution in [-0.4, -0.2) is 18.4 Å². The molecule has 2 fully saturated rings. The van der Waals surface area contributed by atoms with Gasteiger partial charge in [-0.3, -0.25) is 4.79 Å². The van der Waals surface area contributed by atoms with Crippen LogP contribution in [0, 0.1) is 11.8 Å². The SMILES string of the molecule is CC(=O)[C@@H]1CC2C[C@H]2CN1. The molecule has 1 N–H and O–H groups in total. The van der Waals surface area contributed by atoms with E-state index < -0.39 is 0 Å². The highest BCUT2D eigenvalue weighted by molar-refractivity contribution is 5.81. The predicted molar refractivity (Wildman–Crippen MR) is 38.7 cm³/mol. The molecule has 0 aromatic rings. The fraction of sp³-hybridized carbons (Fsp3) is 0.875. The molecule has 0 bridgehead atoms. The van der Waals surface area contributed by atoms with E-state index in [4.69, 9.17) is 0 Å². The minimum Gasteiger partial charge on any atom is -0.307 e. The van der Waals surface area contributed by atoms with Gasteiger partial charge >= 0.3 is 0 Å². The Balaban J connectivity index is 1.94. The van der Waals surface area contributed by atoms with Gasteiger partial charge in [0.1, 0.15) is 5.78 Å². The molecular formula is C8H13NO. The largest absolute Gasteiger partial charge is 0.307 e. The van der Waals surface area contributed by atoms with Crippen molar-refractivity contribution in [3.8, 4) is 0 Å². The molecule has 2 aliphatic rings. The molecular weight excluding hydrogens is 126 g/mol. The Labute approximate surface area is 61.0 Å². The smallest absolute Gasteiger partial charge is 0.146 e. The van der Waals surface area contributed by atoms with E-state index in [0.29, 0.717) is 5.78 Å². The van der Waals surface area contributed by atoms with Crippen molar-refractivity contribution in [2.45, 2.75) is 25.8 Å². The van der Waals surface area contributed by atoms with Crippen LogP contribution in [0.3, 0.4) is 0 Å². The fourth-order valence-corrected chi connectivity index (χ4v) is 1.84. The van der Waals surface area contributed by atoms with Crippen LogP contribution in [0.1, 0.15) is 19.8 Å². The summed E-state index contributed by atoms with van der Waals surface area (Å²) in [5.74, 6) is 2.11. The first-order valence-electron chi connectivity index (χ1n) is 4.01. The minimum atomic E-state index is 0.184. The Hall–Kier alpha value is -0.370. The van der Waals surface area contributed by atoms with Crippen LogP contribution < -0.4 is 5.32 Å². The average Bonchev–Trinajstić information content (AvgIpc) is 2.63. The molecule has 56 valence electrons. The molecule has 0 aromatic heterocycles. The van der Waals surface area contributed by atoms with Gasteiger partial charge in [0.25, 0.3) is 0 Å². The minimum absolute atomic E-state index is 0.184. The van der Waals surface area contributed by atoms with Gasteiger partial charge in [0.05, 0.1) is 6.04 Å². The number of carbonyl (C=O) groups is 1. The van der Waals surface area contributed by atoms with E-state index in [1.165, 1.54) is 6.42 Å². The third-order valence-electron chi connectivity index (χ3n) is 2.72. The van der Waals surface area contributed by atoms with E-state index in [1.807, 2.05) is 0 Å². The monoisotopic (exact) mass is 139 g/mol. The summed E-state index contributed by atoms with van der Waals surface area (Å²) in [5, 5.41) is 3.26. The Morgan fingerprint density at radius 3 is 2.80 bits per heavy atom. The van der Waals surface area contributed by atoms with Crippen molar-refractivity contribution < 1.29 is 4.79 Å². The van der Waals surface area contributed by atoms with Crippen molar-refractivity contribution in [2.75, 3.05) is 6.54 Å². The van der Waals surface area contributed by atoms with Gasteiger partial charge in [-0.25, -0.2) is 0 Å². The predicted octanol–water partition coefficient (Wildman–Crippen LogP) is 0.573. The maximum absolute atomic E-state index is 10.9. The number of hydrogen-bond acceptors (Lipinski definition) is 2. The lowest BCUT2D eigenvalue weighted by molar-refractivity contribution is -0.119. The number of carbonyl (C=O) groups excluding carboxylic acids is 1. The van der Waals surface area contributed by atoms with E-state index >= 15 is 0 Å². The van der Waals surface area contributed by atoms with Crippen LogP contribution >= 0.6 is 0 Å². The highest BCUT2D eigenvalue weighted by Crippen LogP contribution is 2.44. The van der Waals surface area contributed by atoms with Crippen molar-refractivity contribution in [1.82, 2.24) is 5.32 Å². The van der Waals surface area contributed by atoms with E-state index in [0.717, 1.165) is 24.8 Å². The van der Waals surface area contributed by atoms with Crippen molar-refractivity contribution in [1.29, 1.82) is 0 Å². The molecule has 1 unspecified atom stereocenters. The Morgan fingerprint density at radius 2 is 2.20 bits per heavy atom. The molecule has 1 heterocycles. The van der Waals surface area contributed by atoms with Crippen LogP contribution in [0.15, 0.2) is 0 Å². The van der Waals surface area contributed by atoms with Gasteiger partial charge in [0.15, 0.2) is 0 Å². The summed E-state index contributed by atoms with van der Waals surface area (Å²) in [5.41, 5.74) is 0. The summed E-state index contributed by atoms with van der Waals surface area (Å²) >= 11 is 0. The fourth-order valence-electron chi connectivity index (χ4n) is 1.84. The summed E-state index contributed by atoms with van der Waals surface area (Å²) in [4.78, 5) is 10.9. The number of hydrogen-bond donors (Lipinski definition) is 1. The molecule has 0 spiro atoms. The van der Waals surface area contributed by atoms with Gasteiger partial charge in [0.2, 0.25) is 0 Å².